The average Bonchev–Trinajstić information content (AvgIpc) is 3.49. The first-order chi connectivity index (χ1) is 14.2. The summed E-state index contributed by atoms with van der Waals surface area (Å²) in [5.41, 5.74) is 4.32. The smallest absolute Gasteiger partial charge is 0.278 e. The van der Waals surface area contributed by atoms with Crippen LogP contribution in [0.5, 0.6) is 0 Å². The molecule has 0 aliphatic carbocycles. The normalized spacial score (nSPS) is 13.5. The highest BCUT2D eigenvalue weighted by Crippen LogP contribution is 2.29. The number of hydrogen-bond acceptors (Lipinski definition) is 6. The summed E-state index contributed by atoms with van der Waals surface area (Å²) >= 11 is 0. The Hall–Kier alpha value is -3.68. The largest absolute Gasteiger partial charge is 0.472 e. The van der Waals surface area contributed by atoms with Crippen LogP contribution in [0.4, 0.5) is 0 Å². The Morgan fingerprint density at radius 2 is 2.07 bits per heavy atom. The Labute approximate surface area is 166 Å². The van der Waals surface area contributed by atoms with Crippen LogP contribution < -0.4 is 0 Å². The summed E-state index contributed by atoms with van der Waals surface area (Å²) in [5, 5.41) is 8.72. The van der Waals surface area contributed by atoms with Gasteiger partial charge in [0.05, 0.1) is 18.4 Å². The van der Waals surface area contributed by atoms with Gasteiger partial charge in [0.15, 0.2) is 11.5 Å². The standard InChI is InChI=1S/C21H19N5O3/c1-25-17-7-9-26(21(27)15-8-10-28-13-15)12-16(17)19(23-25)20-22-18(24-29-20)11-14-5-3-2-4-6-14/h2-6,8,10,13H,7,9,11-12H2,1H3. The number of furan rings is 1. The molecule has 8 heteroatoms. The van der Waals surface area contributed by atoms with Gasteiger partial charge in [0, 0.05) is 37.7 Å². The van der Waals surface area contributed by atoms with Crippen LogP contribution in [0.1, 0.15) is 33.0 Å². The van der Waals surface area contributed by atoms with Crippen LogP contribution in [0.2, 0.25) is 0 Å². The lowest BCUT2D eigenvalue weighted by Gasteiger charge is -2.27. The zero-order valence-corrected chi connectivity index (χ0v) is 15.9. The number of rotatable bonds is 4. The van der Waals surface area contributed by atoms with Gasteiger partial charge in [0.25, 0.3) is 11.8 Å². The molecule has 0 saturated carbocycles. The molecule has 1 amide bonds. The number of aryl methyl sites for hydroxylation is 1. The molecule has 0 unspecified atom stereocenters. The van der Waals surface area contributed by atoms with Crippen molar-refractivity contribution in [3.05, 3.63) is 77.1 Å². The van der Waals surface area contributed by atoms with E-state index in [-0.39, 0.29) is 5.91 Å². The number of amides is 1. The highest BCUT2D eigenvalue weighted by Gasteiger charge is 2.30. The zero-order valence-electron chi connectivity index (χ0n) is 15.9. The van der Waals surface area contributed by atoms with E-state index in [4.69, 9.17) is 8.94 Å². The maximum atomic E-state index is 12.7. The Bertz CT molecular complexity index is 1140. The summed E-state index contributed by atoms with van der Waals surface area (Å²) in [5.74, 6) is 0.924. The van der Waals surface area contributed by atoms with Crippen molar-refractivity contribution in [2.24, 2.45) is 7.05 Å². The molecule has 0 N–H and O–H groups in total. The lowest BCUT2D eigenvalue weighted by Crippen LogP contribution is -2.36. The third-order valence-corrected chi connectivity index (χ3v) is 5.17. The predicted octanol–water partition coefficient (Wildman–Crippen LogP) is 2.85. The molecule has 8 nitrogen and oxygen atoms in total. The van der Waals surface area contributed by atoms with E-state index in [0.29, 0.717) is 48.9 Å². The van der Waals surface area contributed by atoms with Crippen molar-refractivity contribution in [3.8, 4) is 11.6 Å². The molecule has 0 atom stereocenters. The number of carbonyl (C=O) groups is 1. The summed E-state index contributed by atoms with van der Waals surface area (Å²) < 4.78 is 12.4. The molecule has 146 valence electrons. The number of fused-ring (bicyclic) bond motifs is 1. The van der Waals surface area contributed by atoms with E-state index in [1.165, 1.54) is 12.5 Å². The molecule has 1 aliphatic heterocycles. The molecular formula is C21H19N5O3. The molecule has 0 saturated heterocycles. The second kappa shape index (κ2) is 7.05. The van der Waals surface area contributed by atoms with Crippen molar-refractivity contribution in [3.63, 3.8) is 0 Å². The Kier molecular flexibility index (Phi) is 4.23. The minimum absolute atomic E-state index is 0.0606. The minimum Gasteiger partial charge on any atom is -0.472 e. The number of carbonyl (C=O) groups excluding carboxylic acids is 1. The first-order valence-corrected chi connectivity index (χ1v) is 9.42. The molecule has 0 fully saturated rings. The van der Waals surface area contributed by atoms with Gasteiger partial charge in [-0.3, -0.25) is 9.48 Å². The number of hydrogen-bond donors (Lipinski definition) is 0. The molecule has 1 aromatic carbocycles. The number of benzene rings is 1. The fraction of sp³-hybridized carbons (Fsp3) is 0.238. The van der Waals surface area contributed by atoms with E-state index >= 15 is 0 Å². The fourth-order valence-corrected chi connectivity index (χ4v) is 3.71. The van der Waals surface area contributed by atoms with Gasteiger partial charge in [-0.25, -0.2) is 0 Å². The Morgan fingerprint density at radius 1 is 1.21 bits per heavy atom. The first kappa shape index (κ1) is 17.4. The van der Waals surface area contributed by atoms with Crippen LogP contribution in [-0.4, -0.2) is 37.3 Å². The SMILES string of the molecule is Cn1nc(-c2nc(Cc3ccccc3)no2)c2c1CCN(C(=O)c1ccoc1)C2. The van der Waals surface area contributed by atoms with Gasteiger partial charge in [-0.1, -0.05) is 35.5 Å². The van der Waals surface area contributed by atoms with Gasteiger partial charge in [-0.15, -0.1) is 0 Å². The minimum atomic E-state index is -0.0606. The molecule has 0 radical (unpaired) electrons. The van der Waals surface area contributed by atoms with Crippen LogP contribution in [0, 0.1) is 0 Å². The van der Waals surface area contributed by atoms with Gasteiger partial charge in [0.2, 0.25) is 0 Å². The van der Waals surface area contributed by atoms with Crippen molar-refractivity contribution in [2.75, 3.05) is 6.54 Å². The van der Waals surface area contributed by atoms with Crippen molar-refractivity contribution in [2.45, 2.75) is 19.4 Å². The van der Waals surface area contributed by atoms with Gasteiger partial charge in [-0.05, 0) is 11.6 Å². The third-order valence-electron chi connectivity index (χ3n) is 5.17. The Balaban J connectivity index is 1.42. The maximum absolute atomic E-state index is 12.7. The number of nitrogens with zero attached hydrogens (tertiary/aromatic N) is 5. The molecule has 3 aromatic heterocycles. The first-order valence-electron chi connectivity index (χ1n) is 9.42. The Morgan fingerprint density at radius 3 is 2.86 bits per heavy atom. The van der Waals surface area contributed by atoms with E-state index in [2.05, 4.69) is 15.2 Å². The van der Waals surface area contributed by atoms with Gasteiger partial charge in [0.1, 0.15) is 6.26 Å². The van der Waals surface area contributed by atoms with E-state index in [0.717, 1.165) is 16.8 Å². The number of aromatic nitrogens is 4. The van der Waals surface area contributed by atoms with Crippen molar-refractivity contribution in [1.29, 1.82) is 0 Å². The molecular weight excluding hydrogens is 370 g/mol. The van der Waals surface area contributed by atoms with Gasteiger partial charge in [-0.2, -0.15) is 10.1 Å². The summed E-state index contributed by atoms with van der Waals surface area (Å²) in [6.07, 6.45) is 4.28. The van der Waals surface area contributed by atoms with Crippen LogP contribution in [-0.2, 0) is 26.4 Å². The second-order valence-electron chi connectivity index (χ2n) is 7.06. The average molecular weight is 389 g/mol. The predicted molar refractivity (Wildman–Crippen MR) is 103 cm³/mol. The summed E-state index contributed by atoms with van der Waals surface area (Å²) in [6, 6.07) is 11.7. The van der Waals surface area contributed by atoms with Crippen LogP contribution in [0.25, 0.3) is 11.6 Å². The molecule has 1 aliphatic rings. The summed E-state index contributed by atoms with van der Waals surface area (Å²) in [6.45, 7) is 1.07. The zero-order chi connectivity index (χ0) is 19.8. The third kappa shape index (κ3) is 3.22. The van der Waals surface area contributed by atoms with Crippen molar-refractivity contribution >= 4 is 5.91 Å². The molecule has 4 heterocycles. The highest BCUT2D eigenvalue weighted by molar-refractivity contribution is 5.94. The summed E-state index contributed by atoms with van der Waals surface area (Å²) in [7, 11) is 1.90. The molecule has 4 aromatic rings. The van der Waals surface area contributed by atoms with Crippen molar-refractivity contribution < 1.29 is 13.7 Å². The molecule has 29 heavy (non-hydrogen) atoms. The van der Waals surface area contributed by atoms with E-state index < -0.39 is 0 Å². The van der Waals surface area contributed by atoms with Gasteiger partial charge < -0.3 is 13.8 Å². The van der Waals surface area contributed by atoms with Crippen LogP contribution in [0.3, 0.4) is 0 Å². The molecule has 5 rings (SSSR count). The molecule has 0 bridgehead atoms. The monoisotopic (exact) mass is 389 g/mol. The van der Waals surface area contributed by atoms with Crippen molar-refractivity contribution in [1.82, 2.24) is 24.8 Å². The maximum Gasteiger partial charge on any atom is 0.278 e. The lowest BCUT2D eigenvalue weighted by atomic mass is 10.0. The van der Waals surface area contributed by atoms with Gasteiger partial charge >= 0.3 is 0 Å². The second-order valence-corrected chi connectivity index (χ2v) is 7.06. The van der Waals surface area contributed by atoms with Crippen LogP contribution in [0.15, 0.2) is 57.9 Å². The fourth-order valence-electron chi connectivity index (χ4n) is 3.71. The van der Waals surface area contributed by atoms with E-state index in [1.807, 2.05) is 42.1 Å². The van der Waals surface area contributed by atoms with E-state index in [9.17, 15) is 4.79 Å². The topological polar surface area (TPSA) is 90.2 Å². The quantitative estimate of drug-likeness (QED) is 0.533. The lowest BCUT2D eigenvalue weighted by molar-refractivity contribution is 0.0733. The molecule has 0 spiro atoms. The van der Waals surface area contributed by atoms with E-state index in [1.54, 1.807) is 11.0 Å². The summed E-state index contributed by atoms with van der Waals surface area (Å²) in [4.78, 5) is 19.1. The highest BCUT2D eigenvalue weighted by atomic mass is 16.5. The van der Waals surface area contributed by atoms with Crippen LogP contribution >= 0.6 is 0 Å².